The summed E-state index contributed by atoms with van der Waals surface area (Å²) in [5.74, 6) is -5.07. The number of aliphatic hydroxyl groups is 2. The molecule has 0 amide bonds. The molecular formula is C31H33BFO12. The third kappa shape index (κ3) is 5.61. The van der Waals surface area contributed by atoms with Crippen LogP contribution in [0.5, 0.6) is 57.5 Å². The van der Waals surface area contributed by atoms with E-state index in [1.54, 1.807) is 0 Å². The van der Waals surface area contributed by atoms with Crippen LogP contribution in [0.2, 0.25) is 0 Å². The van der Waals surface area contributed by atoms with Crippen molar-refractivity contribution in [1.82, 2.24) is 0 Å². The lowest BCUT2D eigenvalue weighted by atomic mass is 9.77. The maximum atomic E-state index is 11.6. The minimum absolute atomic E-state index is 0. The predicted octanol–water partition coefficient (Wildman–Crippen LogP) is 3.65. The third-order valence-electron chi connectivity index (χ3n) is 7.69. The third-order valence-corrected chi connectivity index (χ3v) is 7.69. The molecule has 0 unspecified atom stereocenters. The van der Waals surface area contributed by atoms with E-state index in [2.05, 4.69) is 0 Å². The van der Waals surface area contributed by atoms with Crippen molar-refractivity contribution in [2.24, 2.45) is 0 Å². The lowest BCUT2D eigenvalue weighted by molar-refractivity contribution is 0.00573. The molecule has 0 bridgehead atoms. The quantitative estimate of drug-likeness (QED) is 0.116. The lowest BCUT2D eigenvalue weighted by Crippen LogP contribution is -2.35. The van der Waals surface area contributed by atoms with Gasteiger partial charge in [-0.3, -0.25) is 4.70 Å². The van der Waals surface area contributed by atoms with E-state index in [0.29, 0.717) is 5.56 Å². The fourth-order valence-corrected chi connectivity index (χ4v) is 5.70. The normalized spacial score (nSPS) is 21.3. The first kappa shape index (κ1) is 34.3. The predicted molar refractivity (Wildman–Crippen MR) is 160 cm³/mol. The van der Waals surface area contributed by atoms with Crippen LogP contribution in [0.3, 0.4) is 0 Å². The van der Waals surface area contributed by atoms with Gasteiger partial charge in [0.25, 0.3) is 0 Å². The molecular weight excluding hydrogens is 594 g/mol. The molecule has 0 fully saturated rings. The number of aliphatic hydroxyl groups excluding tert-OH is 2. The Labute approximate surface area is 259 Å². The molecule has 0 saturated heterocycles. The number of aromatic hydroxyl groups is 8. The average molecular weight is 628 g/mol. The topological polar surface area (TPSA) is 221 Å². The first-order chi connectivity index (χ1) is 19.9. The van der Waals surface area contributed by atoms with E-state index in [4.69, 9.17) is 9.47 Å². The van der Waals surface area contributed by atoms with Crippen molar-refractivity contribution in [2.45, 2.75) is 44.2 Å². The highest BCUT2D eigenvalue weighted by Crippen LogP contribution is 2.56. The highest BCUT2D eigenvalue weighted by atomic mass is 19.0. The lowest BCUT2D eigenvalue weighted by Gasteiger charge is -2.39. The molecule has 2 aliphatic rings. The van der Waals surface area contributed by atoms with Gasteiger partial charge >= 0.3 is 0 Å². The molecule has 5 atom stereocenters. The molecule has 4 aromatic rings. The zero-order valence-electron chi connectivity index (χ0n) is 22.6. The van der Waals surface area contributed by atoms with Crippen LogP contribution in [0, 0.1) is 0 Å². The van der Waals surface area contributed by atoms with Gasteiger partial charge in [0.2, 0.25) is 0 Å². The van der Waals surface area contributed by atoms with Gasteiger partial charge in [0.15, 0.2) is 29.1 Å². The van der Waals surface area contributed by atoms with Gasteiger partial charge in [-0.1, -0.05) is 19.6 Å². The maximum Gasteiger partial charge on any atom is 0.157 e. The number of hydrogen-bond donors (Lipinski definition) is 10. The summed E-state index contributed by atoms with van der Waals surface area (Å²) in [7, 11) is 0. The number of phenols is 8. The van der Waals surface area contributed by atoms with Gasteiger partial charge in [-0.25, -0.2) is 0 Å². The monoisotopic (exact) mass is 628 g/mol. The van der Waals surface area contributed by atoms with Crippen LogP contribution in [0.4, 0.5) is 4.70 Å². The van der Waals surface area contributed by atoms with E-state index >= 15 is 0 Å². The standard InChI is InChI=1S/C30H26O12.CH4.B.FH.H2/c31-13-7-19(36)24-23(8-13)42-30(12-2-4-16(33)18(35)6-12)28(40)26(24)25-20(37)10-22-14(27(25)39)9-21(38)29(41-22)11-1-3-15(32)17(34)5-11;;;;/h1-8,10,21,26,28-40H,9H2;1H4;;2*1H/t21-,26-,28-,29-,30+;;;;/m1..../s1/i;;;;1+1. The molecule has 3 radical (unpaired) electrons. The summed E-state index contributed by atoms with van der Waals surface area (Å²) >= 11 is 0. The molecule has 0 aliphatic carbocycles. The molecule has 0 spiro atoms. The zero-order chi connectivity index (χ0) is 30.0. The summed E-state index contributed by atoms with van der Waals surface area (Å²) in [5.41, 5.74) is 0.333. The molecule has 12 nitrogen and oxygen atoms in total. The fourth-order valence-electron chi connectivity index (χ4n) is 5.70. The van der Waals surface area contributed by atoms with E-state index in [1.807, 2.05) is 0 Å². The molecule has 10 N–H and O–H groups in total. The molecule has 14 heteroatoms. The van der Waals surface area contributed by atoms with E-state index in [1.165, 1.54) is 42.5 Å². The summed E-state index contributed by atoms with van der Waals surface area (Å²) in [5, 5.41) is 105. The van der Waals surface area contributed by atoms with Crippen molar-refractivity contribution >= 4 is 8.41 Å². The Morgan fingerprint density at radius 2 is 1.13 bits per heavy atom. The molecule has 45 heavy (non-hydrogen) atoms. The minimum atomic E-state index is -1.60. The van der Waals surface area contributed by atoms with Gasteiger partial charge in [0.1, 0.15) is 46.7 Å². The van der Waals surface area contributed by atoms with E-state index in [9.17, 15) is 51.1 Å². The van der Waals surface area contributed by atoms with Crippen molar-refractivity contribution in [1.29, 1.82) is 0 Å². The van der Waals surface area contributed by atoms with Crippen LogP contribution >= 0.6 is 0 Å². The molecule has 6 rings (SSSR count). The van der Waals surface area contributed by atoms with E-state index in [0.717, 1.165) is 12.1 Å². The van der Waals surface area contributed by atoms with Crippen LogP contribution < -0.4 is 9.47 Å². The van der Waals surface area contributed by atoms with Gasteiger partial charge < -0.3 is 60.5 Å². The smallest absolute Gasteiger partial charge is 0.157 e. The van der Waals surface area contributed by atoms with Crippen LogP contribution in [0.1, 0.15) is 54.8 Å². The van der Waals surface area contributed by atoms with Gasteiger partial charge in [0.05, 0.1) is 12.0 Å². The highest BCUT2D eigenvalue weighted by Gasteiger charge is 2.45. The van der Waals surface area contributed by atoms with Crippen molar-refractivity contribution < 1.29 is 66.7 Å². The summed E-state index contributed by atoms with van der Waals surface area (Å²) in [6.07, 6.45) is -5.31. The summed E-state index contributed by atoms with van der Waals surface area (Å²) in [6.45, 7) is 0. The number of rotatable bonds is 3. The van der Waals surface area contributed by atoms with Crippen LogP contribution in [-0.4, -0.2) is 71.7 Å². The molecule has 2 heterocycles. The molecule has 0 aromatic heterocycles. The summed E-state index contributed by atoms with van der Waals surface area (Å²) in [6, 6.07) is 11.0. The van der Waals surface area contributed by atoms with Crippen molar-refractivity contribution in [3.63, 3.8) is 0 Å². The van der Waals surface area contributed by atoms with Crippen LogP contribution in [-0.2, 0) is 6.42 Å². The largest absolute Gasteiger partial charge is 0.508 e. The van der Waals surface area contributed by atoms with Crippen molar-refractivity contribution in [3.05, 3.63) is 82.4 Å². The van der Waals surface area contributed by atoms with Gasteiger partial charge in [0, 0.05) is 51.1 Å². The van der Waals surface area contributed by atoms with Gasteiger partial charge in [-0.05, 0) is 35.4 Å². The van der Waals surface area contributed by atoms with E-state index < -0.39 is 64.8 Å². The molecule has 239 valence electrons. The number of benzene rings is 4. The van der Waals surface area contributed by atoms with Gasteiger partial charge in [-0.2, -0.15) is 0 Å². The maximum absolute atomic E-state index is 11.6. The molecule has 4 aromatic carbocycles. The van der Waals surface area contributed by atoms with Crippen molar-refractivity contribution in [2.75, 3.05) is 0 Å². The zero-order valence-corrected chi connectivity index (χ0v) is 22.6. The highest BCUT2D eigenvalue weighted by molar-refractivity contribution is 5.75. The number of ether oxygens (including phenoxy) is 2. The Hall–Kier alpha value is -5.21. The average Bonchev–Trinajstić information content (AvgIpc) is 2.93. The first-order valence-corrected chi connectivity index (χ1v) is 12.8. The van der Waals surface area contributed by atoms with E-state index in [-0.39, 0.29) is 73.6 Å². The number of halogens is 1. The van der Waals surface area contributed by atoms with Crippen molar-refractivity contribution in [3.8, 4) is 57.5 Å². The number of phenolic OH excluding ortho intramolecular Hbond substituents is 8. The first-order valence-electron chi connectivity index (χ1n) is 12.8. The van der Waals surface area contributed by atoms with Crippen LogP contribution in [0.15, 0.2) is 54.6 Å². The molecule has 2 aliphatic heterocycles. The minimum Gasteiger partial charge on any atom is -0.508 e. The second-order valence-electron chi connectivity index (χ2n) is 10.3. The molecule has 0 saturated carbocycles. The Kier molecular flexibility index (Phi) is 9.46. The Bertz CT molecular complexity index is 1740. The summed E-state index contributed by atoms with van der Waals surface area (Å²) in [4.78, 5) is 0. The second-order valence-corrected chi connectivity index (χ2v) is 10.3. The Morgan fingerprint density at radius 1 is 0.600 bits per heavy atom. The SMILES string of the molecule is C.F.Oc1cc(O)c2c(c1)O[C@@H](c1ccc(O)c(O)c1)[C@H](O)[C@H]2c1c(O)cc2c(c1O)C[C@@H](O)[C@@H](c1ccc(O)c(O)c1)O2.[2HH].[B]. The van der Waals surface area contributed by atoms with Gasteiger partial charge in [-0.15, -0.1) is 0 Å². The second kappa shape index (κ2) is 12.4. The van der Waals surface area contributed by atoms with Crippen LogP contribution in [0.25, 0.3) is 0 Å². The fraction of sp³-hybridized carbons (Fsp3) is 0.226. The number of hydrogen-bond acceptors (Lipinski definition) is 12. The Balaban J connectivity index is 0.00000184. The number of fused-ring (bicyclic) bond motifs is 2. The Morgan fingerprint density at radius 3 is 1.71 bits per heavy atom. The summed E-state index contributed by atoms with van der Waals surface area (Å²) < 4.78 is 11.8.